The molecular weight excluding hydrogens is 208 g/mol. The second kappa shape index (κ2) is 6.78. The molecule has 0 radical (unpaired) electrons. The molecule has 0 heterocycles. The lowest BCUT2D eigenvalue weighted by atomic mass is 9.73. The second-order valence-electron chi connectivity index (χ2n) is 7.10. The van der Waals surface area contributed by atoms with E-state index in [1.54, 1.807) is 0 Å². The van der Waals surface area contributed by atoms with Crippen LogP contribution in [0.4, 0.5) is 0 Å². The van der Waals surface area contributed by atoms with Crippen LogP contribution >= 0.6 is 0 Å². The number of hydrogen-bond acceptors (Lipinski definition) is 1. The van der Waals surface area contributed by atoms with Crippen LogP contribution in [0, 0.1) is 17.8 Å². The molecule has 0 spiro atoms. The quantitative estimate of drug-likeness (QED) is 0.708. The molecule has 1 aliphatic rings. The molecule has 0 aromatic rings. The standard InChI is InChI=1S/C16H32O/c1-13(2)7-5-9-16(17)10-6-8-15(12-16)11-14(3)4/h13-15,17H,5-12H2,1-4H3. The van der Waals surface area contributed by atoms with Crippen molar-refractivity contribution in [3.63, 3.8) is 0 Å². The molecule has 1 heteroatoms. The zero-order valence-corrected chi connectivity index (χ0v) is 12.3. The van der Waals surface area contributed by atoms with Gasteiger partial charge in [0, 0.05) is 0 Å². The van der Waals surface area contributed by atoms with Crippen molar-refractivity contribution >= 4 is 0 Å². The Morgan fingerprint density at radius 2 is 1.88 bits per heavy atom. The highest BCUT2D eigenvalue weighted by Gasteiger charge is 2.33. The normalized spacial score (nSPS) is 30.2. The van der Waals surface area contributed by atoms with Crippen molar-refractivity contribution in [1.29, 1.82) is 0 Å². The van der Waals surface area contributed by atoms with Crippen molar-refractivity contribution in [2.75, 3.05) is 0 Å². The van der Waals surface area contributed by atoms with E-state index in [4.69, 9.17) is 0 Å². The number of rotatable bonds is 6. The molecule has 0 saturated heterocycles. The highest BCUT2D eigenvalue weighted by atomic mass is 16.3. The van der Waals surface area contributed by atoms with Gasteiger partial charge in [-0.3, -0.25) is 0 Å². The van der Waals surface area contributed by atoms with Crippen LogP contribution in [0.2, 0.25) is 0 Å². The zero-order valence-electron chi connectivity index (χ0n) is 12.3. The van der Waals surface area contributed by atoms with Gasteiger partial charge < -0.3 is 5.11 Å². The highest BCUT2D eigenvalue weighted by molar-refractivity contribution is 4.86. The van der Waals surface area contributed by atoms with E-state index in [-0.39, 0.29) is 5.60 Å². The Hall–Kier alpha value is -0.0400. The molecule has 0 bridgehead atoms. The Morgan fingerprint density at radius 3 is 2.47 bits per heavy atom. The minimum atomic E-state index is -0.327. The van der Waals surface area contributed by atoms with E-state index in [1.807, 2.05) is 0 Å². The Balaban J connectivity index is 2.35. The summed E-state index contributed by atoms with van der Waals surface area (Å²) < 4.78 is 0. The first-order valence-corrected chi connectivity index (χ1v) is 7.63. The number of aliphatic hydroxyl groups is 1. The summed E-state index contributed by atoms with van der Waals surface area (Å²) in [4.78, 5) is 0. The van der Waals surface area contributed by atoms with Gasteiger partial charge in [0.15, 0.2) is 0 Å². The topological polar surface area (TPSA) is 20.2 Å². The highest BCUT2D eigenvalue weighted by Crippen LogP contribution is 2.38. The SMILES string of the molecule is CC(C)CCCC1(O)CCCC(CC(C)C)C1. The molecule has 2 atom stereocenters. The third-order valence-corrected chi connectivity index (χ3v) is 4.15. The van der Waals surface area contributed by atoms with Crippen LogP contribution in [0.15, 0.2) is 0 Å². The summed E-state index contributed by atoms with van der Waals surface area (Å²) in [6.45, 7) is 9.14. The molecule has 1 fully saturated rings. The third-order valence-electron chi connectivity index (χ3n) is 4.15. The lowest BCUT2D eigenvalue weighted by Gasteiger charge is -2.38. The second-order valence-corrected chi connectivity index (χ2v) is 7.10. The molecule has 0 aromatic carbocycles. The maximum absolute atomic E-state index is 10.7. The van der Waals surface area contributed by atoms with Crippen molar-refractivity contribution in [1.82, 2.24) is 0 Å². The minimum absolute atomic E-state index is 0.327. The van der Waals surface area contributed by atoms with Gasteiger partial charge in [-0.2, -0.15) is 0 Å². The van der Waals surface area contributed by atoms with Crippen molar-refractivity contribution in [2.45, 2.75) is 84.7 Å². The molecule has 17 heavy (non-hydrogen) atoms. The average molecular weight is 240 g/mol. The largest absolute Gasteiger partial charge is 0.390 e. The maximum atomic E-state index is 10.7. The van der Waals surface area contributed by atoms with E-state index >= 15 is 0 Å². The van der Waals surface area contributed by atoms with Crippen LogP contribution in [0.1, 0.15) is 79.1 Å². The van der Waals surface area contributed by atoms with Gasteiger partial charge in [-0.1, -0.05) is 53.4 Å². The zero-order chi connectivity index (χ0) is 12.9. The van der Waals surface area contributed by atoms with Gasteiger partial charge in [-0.15, -0.1) is 0 Å². The van der Waals surface area contributed by atoms with Gasteiger partial charge in [0.1, 0.15) is 0 Å². The lowest BCUT2D eigenvalue weighted by molar-refractivity contribution is -0.0285. The van der Waals surface area contributed by atoms with E-state index in [0.29, 0.717) is 0 Å². The Bertz CT molecular complexity index is 210. The fourth-order valence-corrected chi connectivity index (χ4v) is 3.40. The summed E-state index contributed by atoms with van der Waals surface area (Å²) in [6, 6.07) is 0. The molecule has 1 N–H and O–H groups in total. The molecule has 1 nitrogen and oxygen atoms in total. The van der Waals surface area contributed by atoms with Crippen LogP contribution in [0.3, 0.4) is 0 Å². The third kappa shape index (κ3) is 5.90. The first-order valence-electron chi connectivity index (χ1n) is 7.63. The van der Waals surface area contributed by atoms with E-state index in [2.05, 4.69) is 27.7 Å². The van der Waals surface area contributed by atoms with Gasteiger partial charge >= 0.3 is 0 Å². The molecule has 2 unspecified atom stereocenters. The minimum Gasteiger partial charge on any atom is -0.390 e. The van der Waals surface area contributed by atoms with Crippen LogP contribution < -0.4 is 0 Å². The summed E-state index contributed by atoms with van der Waals surface area (Å²) in [6.07, 6.45) is 9.45. The molecular formula is C16H32O. The molecule has 1 aliphatic carbocycles. The van der Waals surface area contributed by atoms with E-state index in [0.717, 1.165) is 37.0 Å². The smallest absolute Gasteiger partial charge is 0.0650 e. The van der Waals surface area contributed by atoms with Crippen molar-refractivity contribution < 1.29 is 5.11 Å². The van der Waals surface area contributed by atoms with Crippen LogP contribution in [-0.2, 0) is 0 Å². The molecule has 1 rings (SSSR count). The van der Waals surface area contributed by atoms with E-state index in [1.165, 1.54) is 32.1 Å². The molecule has 1 saturated carbocycles. The summed E-state index contributed by atoms with van der Waals surface area (Å²) in [5.74, 6) is 2.32. The van der Waals surface area contributed by atoms with E-state index in [9.17, 15) is 5.11 Å². The fraction of sp³-hybridized carbons (Fsp3) is 1.00. The summed E-state index contributed by atoms with van der Waals surface area (Å²) in [5.41, 5.74) is -0.327. The number of hydrogen-bond donors (Lipinski definition) is 1. The Kier molecular flexibility index (Phi) is 5.99. The van der Waals surface area contributed by atoms with Gasteiger partial charge in [-0.25, -0.2) is 0 Å². The Labute approximate surface area is 108 Å². The van der Waals surface area contributed by atoms with Gasteiger partial charge in [0.05, 0.1) is 5.60 Å². The van der Waals surface area contributed by atoms with Crippen LogP contribution in [-0.4, -0.2) is 10.7 Å². The summed E-state index contributed by atoms with van der Waals surface area (Å²) >= 11 is 0. The van der Waals surface area contributed by atoms with Crippen molar-refractivity contribution in [3.05, 3.63) is 0 Å². The van der Waals surface area contributed by atoms with Crippen molar-refractivity contribution in [2.24, 2.45) is 17.8 Å². The van der Waals surface area contributed by atoms with Crippen LogP contribution in [0.25, 0.3) is 0 Å². The molecule has 0 amide bonds. The molecule has 0 aliphatic heterocycles. The van der Waals surface area contributed by atoms with Crippen molar-refractivity contribution in [3.8, 4) is 0 Å². The monoisotopic (exact) mass is 240 g/mol. The molecule has 102 valence electrons. The average Bonchev–Trinajstić information content (AvgIpc) is 2.15. The predicted octanol–water partition coefficient (Wildman–Crippen LogP) is 4.78. The molecule has 0 aromatic heterocycles. The Morgan fingerprint density at radius 1 is 1.18 bits per heavy atom. The summed E-state index contributed by atoms with van der Waals surface area (Å²) in [5, 5.41) is 10.7. The van der Waals surface area contributed by atoms with Gasteiger partial charge in [-0.05, 0) is 43.4 Å². The van der Waals surface area contributed by atoms with Gasteiger partial charge in [0.2, 0.25) is 0 Å². The lowest BCUT2D eigenvalue weighted by Crippen LogP contribution is -2.35. The van der Waals surface area contributed by atoms with Crippen LogP contribution in [0.5, 0.6) is 0 Å². The fourth-order valence-electron chi connectivity index (χ4n) is 3.40. The first-order chi connectivity index (χ1) is 7.91. The van der Waals surface area contributed by atoms with Gasteiger partial charge in [0.25, 0.3) is 0 Å². The van der Waals surface area contributed by atoms with E-state index < -0.39 is 0 Å². The predicted molar refractivity (Wildman–Crippen MR) is 75.1 cm³/mol. The summed E-state index contributed by atoms with van der Waals surface area (Å²) in [7, 11) is 0. The maximum Gasteiger partial charge on any atom is 0.0650 e. The first kappa shape index (κ1) is 15.0.